The molecule has 0 saturated heterocycles. The lowest BCUT2D eigenvalue weighted by Gasteiger charge is -2.41. The topological polar surface area (TPSA) is 80.5 Å². The molecule has 5 nitrogen and oxygen atoms in total. The van der Waals surface area contributed by atoms with E-state index in [9.17, 15) is 0 Å². The maximum Gasteiger partial charge on any atom is 0.183 e. The van der Waals surface area contributed by atoms with Crippen LogP contribution < -0.4 is 5.73 Å². The Morgan fingerprint density at radius 1 is 1.38 bits per heavy atom. The molecule has 0 amide bonds. The minimum Gasteiger partial charge on any atom is -0.382 e. The van der Waals surface area contributed by atoms with E-state index in [1.54, 1.807) is 0 Å². The summed E-state index contributed by atoms with van der Waals surface area (Å²) in [5.41, 5.74) is 7.64. The van der Waals surface area contributed by atoms with E-state index in [0.717, 1.165) is 11.3 Å². The second-order valence-corrected chi connectivity index (χ2v) is 5.35. The largest absolute Gasteiger partial charge is 0.382 e. The summed E-state index contributed by atoms with van der Waals surface area (Å²) in [5, 5.41) is 0. The molecule has 3 N–H and O–H groups in total. The zero-order chi connectivity index (χ0) is 11.3. The average Bonchev–Trinajstić information content (AvgIpc) is 2.59. The predicted octanol–water partition coefficient (Wildman–Crippen LogP) is 1.84. The number of hydrogen-bond acceptors (Lipinski definition) is 4. The molecule has 1 aliphatic rings. The molecular formula is C11H15N5. The molecule has 16 heavy (non-hydrogen) atoms. The molecule has 2 aromatic heterocycles. The first-order chi connectivity index (χ1) is 7.55. The molecule has 1 saturated carbocycles. The van der Waals surface area contributed by atoms with Crippen molar-refractivity contribution >= 4 is 17.0 Å². The smallest absolute Gasteiger partial charge is 0.183 e. The number of imidazole rings is 1. The van der Waals surface area contributed by atoms with E-state index in [1.165, 1.54) is 19.2 Å². The normalized spacial score (nSPS) is 19.9. The van der Waals surface area contributed by atoms with Gasteiger partial charge in [0.05, 0.1) is 0 Å². The molecule has 3 rings (SSSR count). The molecule has 1 fully saturated rings. The van der Waals surface area contributed by atoms with Crippen molar-refractivity contribution in [2.24, 2.45) is 5.41 Å². The first-order valence-electron chi connectivity index (χ1n) is 5.51. The van der Waals surface area contributed by atoms with E-state index in [1.807, 2.05) is 0 Å². The number of fused-ring (bicyclic) bond motifs is 1. The molecule has 5 heteroatoms. The third-order valence-corrected chi connectivity index (χ3v) is 3.32. The molecule has 0 aliphatic heterocycles. The van der Waals surface area contributed by atoms with Crippen LogP contribution in [0, 0.1) is 5.41 Å². The molecule has 1 aliphatic carbocycles. The van der Waals surface area contributed by atoms with Crippen molar-refractivity contribution in [3.8, 4) is 0 Å². The zero-order valence-corrected chi connectivity index (χ0v) is 9.49. The second-order valence-electron chi connectivity index (χ2n) is 5.35. The van der Waals surface area contributed by atoms with Gasteiger partial charge in [-0.2, -0.15) is 0 Å². The van der Waals surface area contributed by atoms with Crippen molar-refractivity contribution in [3.63, 3.8) is 0 Å². The van der Waals surface area contributed by atoms with E-state index in [2.05, 4.69) is 33.8 Å². The number of anilines is 1. The molecule has 2 aromatic rings. The van der Waals surface area contributed by atoms with E-state index >= 15 is 0 Å². The Hall–Kier alpha value is -1.65. The molecular weight excluding hydrogens is 202 g/mol. The number of nitrogens with two attached hydrogens (primary N) is 1. The van der Waals surface area contributed by atoms with Crippen LogP contribution in [0.2, 0.25) is 0 Å². The minimum absolute atomic E-state index is 0.445. The van der Waals surface area contributed by atoms with Gasteiger partial charge in [0.15, 0.2) is 11.5 Å². The number of nitrogens with one attached hydrogen (secondary N) is 1. The van der Waals surface area contributed by atoms with Gasteiger partial charge in [-0.05, 0) is 18.3 Å². The van der Waals surface area contributed by atoms with E-state index < -0.39 is 0 Å². The Morgan fingerprint density at radius 3 is 2.75 bits per heavy atom. The number of rotatable bonds is 1. The number of aromatic amines is 1. The van der Waals surface area contributed by atoms with Crippen LogP contribution >= 0.6 is 0 Å². The Labute approximate surface area is 93.5 Å². The fourth-order valence-corrected chi connectivity index (χ4v) is 2.53. The van der Waals surface area contributed by atoms with Gasteiger partial charge in [0.2, 0.25) is 0 Å². The van der Waals surface area contributed by atoms with E-state index in [4.69, 9.17) is 5.73 Å². The van der Waals surface area contributed by atoms with Crippen LogP contribution in [0.5, 0.6) is 0 Å². The van der Waals surface area contributed by atoms with E-state index in [0.29, 0.717) is 22.8 Å². The highest BCUT2D eigenvalue weighted by atomic mass is 15.1. The third-order valence-electron chi connectivity index (χ3n) is 3.32. The molecule has 2 heterocycles. The Morgan fingerprint density at radius 2 is 2.12 bits per heavy atom. The van der Waals surface area contributed by atoms with Crippen molar-refractivity contribution in [3.05, 3.63) is 12.2 Å². The summed E-state index contributed by atoms with van der Waals surface area (Å²) < 4.78 is 0. The summed E-state index contributed by atoms with van der Waals surface area (Å²) in [5.74, 6) is 1.99. The third kappa shape index (κ3) is 1.35. The molecule has 0 radical (unpaired) electrons. The van der Waals surface area contributed by atoms with Gasteiger partial charge in [0, 0.05) is 5.92 Å². The standard InChI is InChI=1S/C11H15N5/c1-11(2)3-6(4-11)9-15-7-8(12)13-5-14-10(7)16-9/h5-6H,3-4H2,1-2H3,(H3,12,13,14,15,16). The fraction of sp³-hybridized carbons (Fsp3) is 0.545. The molecule has 0 spiro atoms. The fourth-order valence-electron chi connectivity index (χ4n) is 2.53. The number of nitrogen functional groups attached to an aromatic ring is 1. The number of H-pyrrole nitrogens is 1. The summed E-state index contributed by atoms with van der Waals surface area (Å²) in [7, 11) is 0. The number of aromatic nitrogens is 4. The summed E-state index contributed by atoms with van der Waals surface area (Å²) >= 11 is 0. The van der Waals surface area contributed by atoms with Crippen molar-refractivity contribution in [2.75, 3.05) is 5.73 Å². The summed E-state index contributed by atoms with van der Waals surface area (Å²) in [6.45, 7) is 4.56. The Balaban J connectivity index is 1.98. The van der Waals surface area contributed by atoms with Crippen molar-refractivity contribution < 1.29 is 0 Å². The first-order valence-corrected chi connectivity index (χ1v) is 5.51. The SMILES string of the molecule is CC1(C)CC(c2nc3ncnc(N)c3[nH]2)C1. The average molecular weight is 217 g/mol. The van der Waals surface area contributed by atoms with Crippen LogP contribution in [0.3, 0.4) is 0 Å². The molecule has 0 bridgehead atoms. The molecule has 0 unspecified atom stereocenters. The minimum atomic E-state index is 0.445. The highest BCUT2D eigenvalue weighted by Gasteiger charge is 2.38. The van der Waals surface area contributed by atoms with Crippen molar-refractivity contribution in [2.45, 2.75) is 32.6 Å². The zero-order valence-electron chi connectivity index (χ0n) is 9.49. The van der Waals surface area contributed by atoms with Crippen molar-refractivity contribution in [1.29, 1.82) is 0 Å². The predicted molar refractivity (Wildman–Crippen MR) is 61.9 cm³/mol. The molecule has 84 valence electrons. The Bertz CT molecular complexity index is 534. The van der Waals surface area contributed by atoms with Crippen LogP contribution in [0.15, 0.2) is 6.33 Å². The number of nitrogens with zero attached hydrogens (tertiary/aromatic N) is 3. The van der Waals surface area contributed by atoms with Gasteiger partial charge in [-0.3, -0.25) is 0 Å². The Kier molecular flexibility index (Phi) is 1.75. The lowest BCUT2D eigenvalue weighted by molar-refractivity contribution is 0.146. The lowest BCUT2D eigenvalue weighted by Crippen LogP contribution is -2.30. The maximum atomic E-state index is 5.76. The van der Waals surface area contributed by atoms with Gasteiger partial charge in [0.25, 0.3) is 0 Å². The summed E-state index contributed by atoms with van der Waals surface area (Å²) in [6.07, 6.45) is 3.79. The van der Waals surface area contributed by atoms with Crippen LogP contribution in [-0.2, 0) is 0 Å². The quantitative estimate of drug-likeness (QED) is 0.763. The maximum absolute atomic E-state index is 5.76. The van der Waals surface area contributed by atoms with Gasteiger partial charge in [0.1, 0.15) is 17.7 Å². The van der Waals surface area contributed by atoms with Gasteiger partial charge in [-0.15, -0.1) is 0 Å². The highest BCUT2D eigenvalue weighted by molar-refractivity contribution is 5.81. The van der Waals surface area contributed by atoms with Crippen molar-refractivity contribution in [1.82, 2.24) is 19.9 Å². The summed E-state index contributed by atoms with van der Waals surface area (Å²) in [4.78, 5) is 15.8. The van der Waals surface area contributed by atoms with Gasteiger partial charge in [-0.1, -0.05) is 13.8 Å². The van der Waals surface area contributed by atoms with Gasteiger partial charge >= 0.3 is 0 Å². The monoisotopic (exact) mass is 217 g/mol. The van der Waals surface area contributed by atoms with Crippen LogP contribution in [0.25, 0.3) is 11.2 Å². The second kappa shape index (κ2) is 2.93. The first kappa shape index (κ1) is 9.57. The van der Waals surface area contributed by atoms with Crippen LogP contribution in [0.1, 0.15) is 38.4 Å². The molecule has 0 atom stereocenters. The number of hydrogen-bond donors (Lipinski definition) is 2. The van der Waals surface area contributed by atoms with Crippen LogP contribution in [-0.4, -0.2) is 19.9 Å². The lowest BCUT2D eigenvalue weighted by atomic mass is 9.64. The molecule has 0 aromatic carbocycles. The highest BCUT2D eigenvalue weighted by Crippen LogP contribution is 2.49. The van der Waals surface area contributed by atoms with Crippen LogP contribution in [0.4, 0.5) is 5.82 Å². The van der Waals surface area contributed by atoms with E-state index in [-0.39, 0.29) is 0 Å². The van der Waals surface area contributed by atoms with Gasteiger partial charge < -0.3 is 10.7 Å². The van der Waals surface area contributed by atoms with Gasteiger partial charge in [-0.25, -0.2) is 15.0 Å². The summed E-state index contributed by atoms with van der Waals surface area (Å²) in [6, 6.07) is 0.